The van der Waals surface area contributed by atoms with Crippen molar-refractivity contribution in [1.29, 1.82) is 0 Å². The number of para-hydroxylation sites is 1. The van der Waals surface area contributed by atoms with Crippen LogP contribution in [0.15, 0.2) is 53.6 Å². The van der Waals surface area contributed by atoms with Crippen molar-refractivity contribution in [2.75, 3.05) is 19.0 Å². The smallest absolute Gasteiger partial charge is 0.329 e. The van der Waals surface area contributed by atoms with Gasteiger partial charge in [0.05, 0.1) is 13.3 Å². The van der Waals surface area contributed by atoms with Crippen LogP contribution in [0.4, 0.5) is 5.69 Å². The highest BCUT2D eigenvalue weighted by atomic mass is 16.5. The van der Waals surface area contributed by atoms with Gasteiger partial charge in [-0.05, 0) is 37.6 Å². The number of hydrazone groups is 1. The molecule has 0 aliphatic carbocycles. The molecule has 0 bridgehead atoms. The lowest BCUT2D eigenvalue weighted by Crippen LogP contribution is -2.41. The SMILES string of the molecule is CC[C@H](C)NC(=O)C(=O)N/N=C\c1ccccc1OCC(=O)Nc1cccc(OC)c1. The summed E-state index contributed by atoms with van der Waals surface area (Å²) >= 11 is 0. The van der Waals surface area contributed by atoms with E-state index < -0.39 is 11.8 Å². The van der Waals surface area contributed by atoms with E-state index in [0.29, 0.717) is 29.2 Å². The summed E-state index contributed by atoms with van der Waals surface area (Å²) in [4.78, 5) is 35.7. The molecule has 0 heterocycles. The maximum Gasteiger partial charge on any atom is 0.329 e. The minimum atomic E-state index is -0.868. The van der Waals surface area contributed by atoms with Crippen LogP contribution in [0.5, 0.6) is 11.5 Å². The Kier molecular flexibility index (Phi) is 9.03. The zero-order valence-corrected chi connectivity index (χ0v) is 17.7. The number of carbonyl (C=O) groups is 3. The maximum atomic E-state index is 12.2. The first-order valence-electron chi connectivity index (χ1n) is 9.72. The molecule has 2 rings (SSSR count). The molecule has 0 saturated carbocycles. The molecule has 1 atom stereocenters. The van der Waals surface area contributed by atoms with Crippen molar-refractivity contribution in [3.8, 4) is 11.5 Å². The number of anilines is 1. The second-order valence-corrected chi connectivity index (χ2v) is 6.59. The van der Waals surface area contributed by atoms with Crippen molar-refractivity contribution in [3.63, 3.8) is 0 Å². The van der Waals surface area contributed by atoms with Crippen LogP contribution in [-0.2, 0) is 14.4 Å². The predicted molar refractivity (Wildman–Crippen MR) is 117 cm³/mol. The first-order valence-corrected chi connectivity index (χ1v) is 9.72. The van der Waals surface area contributed by atoms with Gasteiger partial charge in [-0.15, -0.1) is 0 Å². The average Bonchev–Trinajstić information content (AvgIpc) is 2.78. The minimum absolute atomic E-state index is 0.112. The van der Waals surface area contributed by atoms with E-state index in [1.807, 2.05) is 6.92 Å². The van der Waals surface area contributed by atoms with Crippen LogP contribution in [0.1, 0.15) is 25.8 Å². The minimum Gasteiger partial charge on any atom is -0.497 e. The predicted octanol–water partition coefficient (Wildman–Crippen LogP) is 2.08. The van der Waals surface area contributed by atoms with Gasteiger partial charge in [0.25, 0.3) is 5.91 Å². The molecule has 2 aromatic carbocycles. The second-order valence-electron chi connectivity index (χ2n) is 6.59. The molecule has 3 amide bonds. The molecule has 9 nitrogen and oxygen atoms in total. The van der Waals surface area contributed by atoms with Gasteiger partial charge in [-0.3, -0.25) is 14.4 Å². The maximum absolute atomic E-state index is 12.2. The number of ether oxygens (including phenoxy) is 2. The van der Waals surface area contributed by atoms with Crippen LogP contribution in [0.3, 0.4) is 0 Å². The Labute approximate surface area is 180 Å². The highest BCUT2D eigenvalue weighted by molar-refractivity contribution is 6.35. The number of hydrogen-bond donors (Lipinski definition) is 3. The van der Waals surface area contributed by atoms with Crippen molar-refractivity contribution in [2.45, 2.75) is 26.3 Å². The third-order valence-electron chi connectivity index (χ3n) is 4.20. The fourth-order valence-corrected chi connectivity index (χ4v) is 2.36. The molecule has 164 valence electrons. The molecule has 0 radical (unpaired) electrons. The molecular weight excluding hydrogens is 400 g/mol. The van der Waals surface area contributed by atoms with E-state index in [4.69, 9.17) is 9.47 Å². The van der Waals surface area contributed by atoms with E-state index in [2.05, 4.69) is 21.2 Å². The number of hydrogen-bond acceptors (Lipinski definition) is 6. The molecule has 0 spiro atoms. The van der Waals surface area contributed by atoms with Crippen molar-refractivity contribution >= 4 is 29.6 Å². The summed E-state index contributed by atoms with van der Waals surface area (Å²) in [6, 6.07) is 13.7. The van der Waals surface area contributed by atoms with Crippen molar-refractivity contribution < 1.29 is 23.9 Å². The lowest BCUT2D eigenvalue weighted by atomic mass is 10.2. The quantitative estimate of drug-likeness (QED) is 0.322. The molecule has 0 unspecified atom stereocenters. The Morgan fingerprint density at radius 3 is 2.61 bits per heavy atom. The molecule has 31 heavy (non-hydrogen) atoms. The number of amides is 3. The van der Waals surface area contributed by atoms with E-state index in [1.54, 1.807) is 62.6 Å². The fourth-order valence-electron chi connectivity index (χ4n) is 2.36. The lowest BCUT2D eigenvalue weighted by Gasteiger charge is -2.10. The van der Waals surface area contributed by atoms with Crippen molar-refractivity contribution in [3.05, 3.63) is 54.1 Å². The fraction of sp³-hybridized carbons (Fsp3) is 0.273. The van der Waals surface area contributed by atoms with Gasteiger partial charge in [0.15, 0.2) is 6.61 Å². The third kappa shape index (κ3) is 7.81. The molecule has 0 saturated heterocycles. The molecule has 3 N–H and O–H groups in total. The average molecular weight is 426 g/mol. The van der Waals surface area contributed by atoms with Crippen molar-refractivity contribution in [2.24, 2.45) is 5.10 Å². The van der Waals surface area contributed by atoms with Gasteiger partial charge in [-0.2, -0.15) is 5.10 Å². The van der Waals surface area contributed by atoms with Gasteiger partial charge in [-0.25, -0.2) is 5.43 Å². The topological polar surface area (TPSA) is 118 Å². The zero-order chi connectivity index (χ0) is 22.6. The Bertz CT molecular complexity index is 945. The second kappa shape index (κ2) is 12.0. The number of rotatable bonds is 9. The van der Waals surface area contributed by atoms with E-state index in [1.165, 1.54) is 6.21 Å². The Balaban J connectivity index is 1.91. The summed E-state index contributed by atoms with van der Waals surface area (Å²) in [5, 5.41) is 9.06. The Morgan fingerprint density at radius 1 is 1.10 bits per heavy atom. The van der Waals surface area contributed by atoms with Crippen molar-refractivity contribution in [1.82, 2.24) is 10.7 Å². The Hall–Kier alpha value is -3.88. The summed E-state index contributed by atoms with van der Waals surface area (Å²) in [7, 11) is 1.54. The molecule has 0 aromatic heterocycles. The first kappa shape index (κ1) is 23.4. The summed E-state index contributed by atoms with van der Waals surface area (Å²) in [6.45, 7) is 3.47. The summed E-state index contributed by atoms with van der Waals surface area (Å²) < 4.78 is 10.7. The van der Waals surface area contributed by atoms with E-state index >= 15 is 0 Å². The standard InChI is InChI=1S/C22H26N4O5/c1-4-15(2)24-21(28)22(29)26-23-13-16-8-5-6-11-19(16)31-14-20(27)25-17-9-7-10-18(12-17)30-3/h5-13,15H,4,14H2,1-3H3,(H,24,28)(H,25,27)(H,26,29)/b23-13-/t15-/m0/s1. The van der Waals surface area contributed by atoms with Gasteiger partial charge >= 0.3 is 11.8 Å². The van der Waals surface area contributed by atoms with Crippen LogP contribution >= 0.6 is 0 Å². The third-order valence-corrected chi connectivity index (χ3v) is 4.20. The normalized spacial score (nSPS) is 11.5. The molecule has 0 fully saturated rings. The molecule has 9 heteroatoms. The highest BCUT2D eigenvalue weighted by Gasteiger charge is 2.14. The first-order chi connectivity index (χ1) is 14.9. The molecule has 2 aromatic rings. The van der Waals surface area contributed by atoms with E-state index in [9.17, 15) is 14.4 Å². The number of nitrogens with zero attached hydrogens (tertiary/aromatic N) is 1. The molecule has 0 aliphatic rings. The molecular formula is C22H26N4O5. The van der Waals surface area contributed by atoms with Gasteiger partial charge in [0, 0.05) is 23.4 Å². The van der Waals surface area contributed by atoms with Gasteiger partial charge < -0.3 is 20.1 Å². The van der Waals surface area contributed by atoms with Crippen LogP contribution in [0, 0.1) is 0 Å². The summed E-state index contributed by atoms with van der Waals surface area (Å²) in [5.41, 5.74) is 3.28. The summed E-state index contributed by atoms with van der Waals surface area (Å²) in [6.07, 6.45) is 2.04. The number of methoxy groups -OCH3 is 1. The van der Waals surface area contributed by atoms with Crippen LogP contribution in [0.25, 0.3) is 0 Å². The van der Waals surface area contributed by atoms with Crippen LogP contribution < -0.4 is 25.5 Å². The van der Waals surface area contributed by atoms with Crippen LogP contribution in [0.2, 0.25) is 0 Å². The zero-order valence-electron chi connectivity index (χ0n) is 17.7. The Morgan fingerprint density at radius 2 is 1.87 bits per heavy atom. The van der Waals surface area contributed by atoms with Crippen LogP contribution in [-0.4, -0.2) is 43.7 Å². The van der Waals surface area contributed by atoms with Gasteiger partial charge in [0.1, 0.15) is 11.5 Å². The lowest BCUT2D eigenvalue weighted by molar-refractivity contribution is -0.139. The molecule has 0 aliphatic heterocycles. The van der Waals surface area contributed by atoms with Gasteiger partial charge in [0.2, 0.25) is 0 Å². The number of benzene rings is 2. The largest absolute Gasteiger partial charge is 0.497 e. The monoisotopic (exact) mass is 426 g/mol. The van der Waals surface area contributed by atoms with E-state index in [-0.39, 0.29) is 18.6 Å². The number of nitrogens with one attached hydrogen (secondary N) is 3. The van der Waals surface area contributed by atoms with E-state index in [0.717, 1.165) is 0 Å². The highest BCUT2D eigenvalue weighted by Crippen LogP contribution is 2.18. The van der Waals surface area contributed by atoms with Gasteiger partial charge in [-0.1, -0.05) is 25.1 Å². The number of carbonyl (C=O) groups excluding carboxylic acids is 3. The summed E-state index contributed by atoms with van der Waals surface area (Å²) in [5.74, 6) is -0.960.